The van der Waals surface area contributed by atoms with Gasteiger partial charge >= 0.3 is 0 Å². The van der Waals surface area contributed by atoms with Crippen LogP contribution in [0.2, 0.25) is 0 Å². The van der Waals surface area contributed by atoms with Crippen molar-refractivity contribution in [2.45, 2.75) is 25.4 Å². The van der Waals surface area contributed by atoms with Gasteiger partial charge in [-0.25, -0.2) is 0 Å². The summed E-state index contributed by atoms with van der Waals surface area (Å²) in [7, 11) is 0. The molecule has 0 spiro atoms. The summed E-state index contributed by atoms with van der Waals surface area (Å²) < 4.78 is 0. The number of hydrogen-bond donors (Lipinski definition) is 1. The molecule has 12 heavy (non-hydrogen) atoms. The first-order valence-electron chi connectivity index (χ1n) is 4.26. The minimum Gasteiger partial charge on any atom is -0.391 e. The average Bonchev–Trinajstić information content (AvgIpc) is 2.05. The van der Waals surface area contributed by atoms with Crippen LogP contribution in [0.5, 0.6) is 0 Å². The van der Waals surface area contributed by atoms with E-state index in [1.807, 2.05) is 0 Å². The first kappa shape index (κ1) is 9.81. The van der Waals surface area contributed by atoms with Gasteiger partial charge in [-0.1, -0.05) is 0 Å². The molecule has 0 bridgehead atoms. The standard InChI is InChI=1S/C8H14ClNO2/c9-4-3-8(12)10-5-1-2-7(11)6-10/h7,11H,1-6H2/t7-/m0/s1. The lowest BCUT2D eigenvalue weighted by Crippen LogP contribution is -2.42. The van der Waals surface area contributed by atoms with Crippen molar-refractivity contribution in [3.8, 4) is 0 Å². The lowest BCUT2D eigenvalue weighted by Gasteiger charge is -2.29. The van der Waals surface area contributed by atoms with Crippen LogP contribution >= 0.6 is 11.6 Å². The molecule has 0 aromatic heterocycles. The maximum atomic E-state index is 11.3. The Morgan fingerprint density at radius 2 is 2.42 bits per heavy atom. The summed E-state index contributed by atoms with van der Waals surface area (Å²) in [5.74, 6) is 0.426. The van der Waals surface area contributed by atoms with Crippen molar-refractivity contribution >= 4 is 17.5 Å². The molecule has 1 fully saturated rings. The van der Waals surface area contributed by atoms with Crippen LogP contribution in [-0.2, 0) is 4.79 Å². The fraction of sp³-hybridized carbons (Fsp3) is 0.875. The van der Waals surface area contributed by atoms with Crippen molar-refractivity contribution < 1.29 is 9.90 Å². The van der Waals surface area contributed by atoms with Crippen LogP contribution in [0.25, 0.3) is 0 Å². The summed E-state index contributed by atoms with van der Waals surface area (Å²) in [5.41, 5.74) is 0. The second-order valence-corrected chi connectivity index (χ2v) is 3.45. The molecule has 1 aliphatic heterocycles. The van der Waals surface area contributed by atoms with E-state index in [4.69, 9.17) is 11.6 Å². The van der Waals surface area contributed by atoms with Gasteiger partial charge in [0.1, 0.15) is 0 Å². The third kappa shape index (κ3) is 2.64. The van der Waals surface area contributed by atoms with Gasteiger partial charge in [0.2, 0.25) is 5.91 Å². The predicted molar refractivity (Wildman–Crippen MR) is 47.2 cm³/mol. The van der Waals surface area contributed by atoms with Gasteiger partial charge in [0, 0.05) is 25.4 Å². The number of piperidine rings is 1. The third-order valence-electron chi connectivity index (χ3n) is 2.06. The molecule has 3 nitrogen and oxygen atoms in total. The predicted octanol–water partition coefficient (Wildman–Crippen LogP) is 0.599. The molecule has 1 amide bonds. The summed E-state index contributed by atoms with van der Waals surface area (Å²) in [6.45, 7) is 1.25. The normalized spacial score (nSPS) is 24.2. The third-order valence-corrected chi connectivity index (χ3v) is 2.25. The van der Waals surface area contributed by atoms with Gasteiger partial charge in [-0.05, 0) is 12.8 Å². The lowest BCUT2D eigenvalue weighted by molar-refractivity contribution is -0.133. The number of rotatable bonds is 2. The van der Waals surface area contributed by atoms with E-state index in [0.717, 1.165) is 19.4 Å². The zero-order chi connectivity index (χ0) is 8.97. The number of halogens is 1. The fourth-order valence-corrected chi connectivity index (χ4v) is 1.58. The minimum absolute atomic E-state index is 0.0590. The highest BCUT2D eigenvalue weighted by atomic mass is 35.5. The van der Waals surface area contributed by atoms with E-state index in [2.05, 4.69) is 0 Å². The number of nitrogens with zero attached hydrogens (tertiary/aromatic N) is 1. The Labute approximate surface area is 77.3 Å². The highest BCUT2D eigenvalue weighted by Crippen LogP contribution is 2.10. The van der Waals surface area contributed by atoms with Crippen LogP contribution < -0.4 is 0 Å². The molecule has 1 rings (SSSR count). The highest BCUT2D eigenvalue weighted by molar-refractivity contribution is 6.18. The van der Waals surface area contributed by atoms with Gasteiger partial charge < -0.3 is 10.0 Å². The molecule has 0 unspecified atom stereocenters. The van der Waals surface area contributed by atoms with Gasteiger partial charge in [-0.15, -0.1) is 11.6 Å². The Kier molecular flexibility index (Phi) is 3.82. The molecule has 0 aliphatic carbocycles. The average molecular weight is 192 g/mol. The Morgan fingerprint density at radius 3 is 3.00 bits per heavy atom. The van der Waals surface area contributed by atoms with Gasteiger partial charge in [0.25, 0.3) is 0 Å². The van der Waals surface area contributed by atoms with Crippen LogP contribution in [-0.4, -0.2) is 41.0 Å². The van der Waals surface area contributed by atoms with E-state index >= 15 is 0 Å². The van der Waals surface area contributed by atoms with E-state index in [1.54, 1.807) is 4.90 Å². The van der Waals surface area contributed by atoms with Crippen molar-refractivity contribution in [3.05, 3.63) is 0 Å². The number of alkyl halides is 1. The van der Waals surface area contributed by atoms with Crippen LogP contribution in [0.1, 0.15) is 19.3 Å². The molecule has 70 valence electrons. The van der Waals surface area contributed by atoms with Gasteiger partial charge in [-0.3, -0.25) is 4.79 Å². The topological polar surface area (TPSA) is 40.5 Å². The fourth-order valence-electron chi connectivity index (χ4n) is 1.42. The number of β-amino-alcohol motifs (C(OH)–C–C–N with tert-alkyl or cyclic N) is 1. The molecule has 0 radical (unpaired) electrons. The number of carbonyl (C=O) groups excluding carboxylic acids is 1. The number of likely N-dealkylation sites (tertiary alicyclic amines) is 1. The summed E-state index contributed by atoms with van der Waals surface area (Å²) in [6, 6.07) is 0. The summed E-state index contributed by atoms with van der Waals surface area (Å²) >= 11 is 5.44. The van der Waals surface area contributed by atoms with E-state index in [1.165, 1.54) is 0 Å². The van der Waals surface area contributed by atoms with E-state index in [-0.39, 0.29) is 12.0 Å². The SMILES string of the molecule is O=C(CCCl)N1CCC[C@H](O)C1. The molecule has 1 atom stereocenters. The van der Waals surface area contributed by atoms with E-state index < -0.39 is 0 Å². The van der Waals surface area contributed by atoms with Crippen molar-refractivity contribution in [3.63, 3.8) is 0 Å². The largest absolute Gasteiger partial charge is 0.391 e. The Morgan fingerprint density at radius 1 is 1.67 bits per heavy atom. The van der Waals surface area contributed by atoms with Crippen LogP contribution in [0.4, 0.5) is 0 Å². The second-order valence-electron chi connectivity index (χ2n) is 3.07. The molecular formula is C8H14ClNO2. The maximum absolute atomic E-state index is 11.3. The monoisotopic (exact) mass is 191 g/mol. The number of amides is 1. The minimum atomic E-state index is -0.335. The van der Waals surface area contributed by atoms with Gasteiger partial charge in [-0.2, -0.15) is 0 Å². The Hall–Kier alpha value is -0.280. The molecule has 1 N–H and O–H groups in total. The maximum Gasteiger partial charge on any atom is 0.223 e. The molecule has 1 aliphatic rings. The molecule has 0 saturated carbocycles. The molecular weight excluding hydrogens is 178 g/mol. The summed E-state index contributed by atoms with van der Waals surface area (Å²) in [5, 5.41) is 9.27. The number of hydrogen-bond acceptors (Lipinski definition) is 2. The molecule has 1 saturated heterocycles. The number of carbonyl (C=O) groups is 1. The first-order chi connectivity index (χ1) is 5.74. The Balaban J connectivity index is 2.35. The van der Waals surface area contributed by atoms with Crippen molar-refractivity contribution in [2.24, 2.45) is 0 Å². The van der Waals surface area contributed by atoms with Crippen molar-refractivity contribution in [1.82, 2.24) is 4.90 Å². The molecule has 1 heterocycles. The van der Waals surface area contributed by atoms with Crippen LogP contribution in [0, 0.1) is 0 Å². The van der Waals surface area contributed by atoms with Crippen LogP contribution in [0.3, 0.4) is 0 Å². The zero-order valence-corrected chi connectivity index (χ0v) is 7.76. The molecule has 0 aromatic carbocycles. The van der Waals surface area contributed by atoms with Crippen LogP contribution in [0.15, 0.2) is 0 Å². The summed E-state index contributed by atoms with van der Waals surface area (Å²) in [6.07, 6.45) is 1.76. The molecule has 0 aromatic rings. The summed E-state index contributed by atoms with van der Waals surface area (Å²) in [4.78, 5) is 13.0. The first-order valence-corrected chi connectivity index (χ1v) is 4.79. The highest BCUT2D eigenvalue weighted by Gasteiger charge is 2.20. The van der Waals surface area contributed by atoms with Crippen molar-refractivity contribution in [1.29, 1.82) is 0 Å². The Bertz CT molecular complexity index is 163. The van der Waals surface area contributed by atoms with E-state index in [0.29, 0.717) is 18.8 Å². The van der Waals surface area contributed by atoms with Gasteiger partial charge in [0.05, 0.1) is 6.10 Å². The lowest BCUT2D eigenvalue weighted by atomic mass is 10.1. The van der Waals surface area contributed by atoms with E-state index in [9.17, 15) is 9.90 Å². The zero-order valence-electron chi connectivity index (χ0n) is 7.00. The number of aliphatic hydroxyl groups is 1. The number of aliphatic hydroxyl groups excluding tert-OH is 1. The van der Waals surface area contributed by atoms with Gasteiger partial charge in [0.15, 0.2) is 0 Å². The smallest absolute Gasteiger partial charge is 0.223 e. The van der Waals surface area contributed by atoms with Crippen molar-refractivity contribution in [2.75, 3.05) is 19.0 Å². The second kappa shape index (κ2) is 4.67. The quantitative estimate of drug-likeness (QED) is 0.650. The molecule has 4 heteroatoms.